The van der Waals surface area contributed by atoms with Gasteiger partial charge in [0.1, 0.15) is 12.4 Å². The summed E-state index contributed by atoms with van der Waals surface area (Å²) in [5.41, 5.74) is 0.721. The molecule has 0 spiro atoms. The van der Waals surface area contributed by atoms with Crippen LogP contribution in [-0.4, -0.2) is 24.9 Å². The van der Waals surface area contributed by atoms with E-state index in [1.807, 2.05) is 48.5 Å². The average molecular weight is 470 g/mol. The minimum absolute atomic E-state index is 0.356. The number of ether oxygens (including phenoxy) is 1. The second kappa shape index (κ2) is 10.7. The Hall–Kier alpha value is -2.84. The summed E-state index contributed by atoms with van der Waals surface area (Å²) < 4.78 is 13.4. The summed E-state index contributed by atoms with van der Waals surface area (Å²) in [6.45, 7) is 5.58. The maximum atomic E-state index is 6.23. The number of thioether (sulfide) groups is 1. The molecule has 0 unspecified atom stereocenters. The summed E-state index contributed by atoms with van der Waals surface area (Å²) in [5, 5.41) is 14.2. The molecule has 2 heterocycles. The second-order valence-electron chi connectivity index (χ2n) is 7.62. The largest absolute Gasteiger partial charge is 0.486 e. The third kappa shape index (κ3) is 5.69. The summed E-state index contributed by atoms with van der Waals surface area (Å²) in [6.07, 6.45) is 1.02. The van der Waals surface area contributed by atoms with Crippen LogP contribution >= 0.6 is 23.4 Å². The van der Waals surface area contributed by atoms with Crippen LogP contribution in [0.15, 0.2) is 64.3 Å². The molecule has 32 heavy (non-hydrogen) atoms. The van der Waals surface area contributed by atoms with Gasteiger partial charge in [0.05, 0.1) is 16.3 Å². The molecule has 0 aliphatic heterocycles. The van der Waals surface area contributed by atoms with E-state index in [9.17, 15) is 0 Å². The van der Waals surface area contributed by atoms with E-state index in [1.54, 1.807) is 6.07 Å². The van der Waals surface area contributed by atoms with Crippen molar-refractivity contribution >= 4 is 23.4 Å². The van der Waals surface area contributed by atoms with E-state index < -0.39 is 0 Å². The molecule has 2 aromatic heterocycles. The van der Waals surface area contributed by atoms with Crippen LogP contribution in [0.1, 0.15) is 31.9 Å². The maximum absolute atomic E-state index is 6.23. The van der Waals surface area contributed by atoms with Gasteiger partial charge >= 0.3 is 0 Å². The smallest absolute Gasteiger partial charge is 0.259 e. The van der Waals surface area contributed by atoms with Crippen LogP contribution in [0, 0.1) is 5.92 Å². The Kier molecular flexibility index (Phi) is 7.44. The highest BCUT2D eigenvalue weighted by molar-refractivity contribution is 7.98. The number of rotatable bonds is 10. The fraction of sp³-hybridized carbons (Fsp3) is 0.304. The van der Waals surface area contributed by atoms with E-state index in [-0.39, 0.29) is 0 Å². The average Bonchev–Trinajstić information content (AvgIpc) is 3.42. The minimum Gasteiger partial charge on any atom is -0.486 e. The predicted octanol–water partition coefficient (Wildman–Crippen LogP) is 5.90. The molecule has 0 fully saturated rings. The van der Waals surface area contributed by atoms with Gasteiger partial charge in [0.15, 0.2) is 16.8 Å². The van der Waals surface area contributed by atoms with Crippen LogP contribution in [0.3, 0.4) is 0 Å². The number of para-hydroxylation sites is 1. The van der Waals surface area contributed by atoms with E-state index >= 15 is 0 Å². The van der Waals surface area contributed by atoms with E-state index in [2.05, 4.69) is 38.8 Å². The molecular weight excluding hydrogens is 446 g/mol. The first-order valence-corrected chi connectivity index (χ1v) is 11.8. The molecule has 0 N–H and O–H groups in total. The molecule has 0 atom stereocenters. The van der Waals surface area contributed by atoms with Gasteiger partial charge in [0, 0.05) is 6.54 Å². The Morgan fingerprint density at radius 2 is 1.84 bits per heavy atom. The van der Waals surface area contributed by atoms with Crippen molar-refractivity contribution in [3.63, 3.8) is 0 Å². The van der Waals surface area contributed by atoms with E-state index in [4.69, 9.17) is 20.9 Å². The second-order valence-corrected chi connectivity index (χ2v) is 8.97. The lowest BCUT2D eigenvalue weighted by Gasteiger charge is -2.12. The van der Waals surface area contributed by atoms with Gasteiger partial charge < -0.3 is 13.8 Å². The van der Waals surface area contributed by atoms with Crippen LogP contribution in [0.5, 0.6) is 5.75 Å². The molecule has 4 rings (SSSR count). The molecule has 2 aromatic carbocycles. The van der Waals surface area contributed by atoms with E-state index in [0.29, 0.717) is 35.0 Å². The zero-order valence-electron chi connectivity index (χ0n) is 17.9. The van der Waals surface area contributed by atoms with Crippen LogP contribution in [-0.2, 0) is 18.9 Å². The summed E-state index contributed by atoms with van der Waals surface area (Å²) in [7, 11) is 0. The zero-order chi connectivity index (χ0) is 22.3. The third-order valence-corrected chi connectivity index (χ3v) is 6.03. The van der Waals surface area contributed by atoms with Crippen molar-refractivity contribution in [1.82, 2.24) is 24.9 Å². The molecule has 7 nitrogen and oxygen atoms in total. The molecule has 0 radical (unpaired) electrons. The molecule has 0 aliphatic rings. The Balaban J connectivity index is 1.45. The molecule has 0 bridgehead atoms. The number of nitrogens with zero attached hydrogens (tertiary/aromatic N) is 5. The number of hydrogen-bond donors (Lipinski definition) is 0. The van der Waals surface area contributed by atoms with E-state index in [1.165, 1.54) is 11.8 Å². The van der Waals surface area contributed by atoms with Crippen molar-refractivity contribution in [3.8, 4) is 17.2 Å². The summed E-state index contributed by atoms with van der Waals surface area (Å²) in [5.74, 6) is 3.65. The summed E-state index contributed by atoms with van der Waals surface area (Å²) in [4.78, 5) is 4.48. The molecule has 0 saturated heterocycles. The Bertz CT molecular complexity index is 1150. The third-order valence-electron chi connectivity index (χ3n) is 4.74. The molecular formula is C23H24ClN5O2S. The van der Waals surface area contributed by atoms with Gasteiger partial charge in [-0.15, -0.1) is 10.2 Å². The Morgan fingerprint density at radius 1 is 1.06 bits per heavy atom. The standard InChI is InChI=1S/C23H24ClN5O2S/c1-16(2)12-13-29-21(14-30-17-8-4-3-5-9-17)26-27-23(29)32-15-20-25-22(31-28-20)18-10-6-7-11-19(18)24/h3-11,16H,12-15H2,1-2H3. The van der Waals surface area contributed by atoms with Crippen LogP contribution in [0.4, 0.5) is 0 Å². The normalized spacial score (nSPS) is 11.2. The monoisotopic (exact) mass is 469 g/mol. The highest BCUT2D eigenvalue weighted by atomic mass is 35.5. The van der Waals surface area contributed by atoms with Gasteiger partial charge in [-0.05, 0) is 36.6 Å². The molecule has 0 amide bonds. The van der Waals surface area contributed by atoms with Crippen molar-refractivity contribution in [2.24, 2.45) is 5.92 Å². The number of hydrogen-bond acceptors (Lipinski definition) is 7. The van der Waals surface area contributed by atoms with Crippen molar-refractivity contribution in [3.05, 3.63) is 71.3 Å². The van der Waals surface area contributed by atoms with Gasteiger partial charge in [0.2, 0.25) is 0 Å². The first-order valence-electron chi connectivity index (χ1n) is 10.4. The highest BCUT2D eigenvalue weighted by Gasteiger charge is 2.17. The number of aromatic nitrogens is 5. The highest BCUT2D eigenvalue weighted by Crippen LogP contribution is 2.28. The minimum atomic E-state index is 0.356. The fourth-order valence-corrected chi connectivity index (χ4v) is 4.04. The van der Waals surface area contributed by atoms with Gasteiger partial charge in [-0.2, -0.15) is 4.98 Å². The summed E-state index contributed by atoms with van der Waals surface area (Å²) in [6, 6.07) is 17.1. The Morgan fingerprint density at radius 3 is 2.62 bits per heavy atom. The SMILES string of the molecule is CC(C)CCn1c(COc2ccccc2)nnc1SCc1noc(-c2ccccc2Cl)n1. The molecule has 166 valence electrons. The van der Waals surface area contributed by atoms with Crippen molar-refractivity contribution in [2.75, 3.05) is 0 Å². The lowest BCUT2D eigenvalue weighted by atomic mass is 10.1. The number of benzene rings is 2. The predicted molar refractivity (Wildman–Crippen MR) is 125 cm³/mol. The summed E-state index contributed by atoms with van der Waals surface area (Å²) >= 11 is 7.76. The topological polar surface area (TPSA) is 78.9 Å². The lowest BCUT2D eigenvalue weighted by Crippen LogP contribution is -2.10. The van der Waals surface area contributed by atoms with Crippen molar-refractivity contribution in [2.45, 2.75) is 44.3 Å². The molecule has 4 aromatic rings. The van der Waals surface area contributed by atoms with Gasteiger partial charge in [-0.25, -0.2) is 0 Å². The first-order chi connectivity index (χ1) is 15.6. The van der Waals surface area contributed by atoms with Crippen LogP contribution in [0.25, 0.3) is 11.5 Å². The van der Waals surface area contributed by atoms with Gasteiger partial charge in [-0.3, -0.25) is 0 Å². The molecule has 0 aliphatic carbocycles. The van der Waals surface area contributed by atoms with Gasteiger partial charge in [-0.1, -0.05) is 72.7 Å². The van der Waals surface area contributed by atoms with Gasteiger partial charge in [0.25, 0.3) is 5.89 Å². The lowest BCUT2D eigenvalue weighted by molar-refractivity contribution is 0.285. The first kappa shape index (κ1) is 22.4. The van der Waals surface area contributed by atoms with Crippen molar-refractivity contribution < 1.29 is 9.26 Å². The quantitative estimate of drug-likeness (QED) is 0.267. The van der Waals surface area contributed by atoms with Crippen molar-refractivity contribution in [1.29, 1.82) is 0 Å². The van der Waals surface area contributed by atoms with Crippen LogP contribution in [0.2, 0.25) is 5.02 Å². The fourth-order valence-electron chi connectivity index (χ4n) is 2.99. The molecule has 0 saturated carbocycles. The van der Waals surface area contributed by atoms with Crippen LogP contribution < -0.4 is 4.74 Å². The molecule has 9 heteroatoms. The Labute approximate surface area is 196 Å². The zero-order valence-corrected chi connectivity index (χ0v) is 19.5. The number of halogens is 1. The van der Waals surface area contributed by atoms with E-state index in [0.717, 1.165) is 35.3 Å². The maximum Gasteiger partial charge on any atom is 0.259 e.